The molecule has 47 heavy (non-hydrogen) atoms. The van der Waals surface area contributed by atoms with E-state index in [4.69, 9.17) is 4.74 Å². The van der Waals surface area contributed by atoms with Crippen molar-refractivity contribution < 1.29 is 4.74 Å². The second-order valence-corrected chi connectivity index (χ2v) is 12.7. The van der Waals surface area contributed by atoms with Crippen molar-refractivity contribution in [2.45, 2.75) is 44.9 Å². The molecular formula is C45H39NO. The van der Waals surface area contributed by atoms with Gasteiger partial charge in [-0.1, -0.05) is 135 Å². The Morgan fingerprint density at radius 2 is 1.32 bits per heavy atom. The lowest BCUT2D eigenvalue weighted by Gasteiger charge is -2.34. The maximum absolute atomic E-state index is 6.62. The van der Waals surface area contributed by atoms with Crippen LogP contribution in [0.1, 0.15) is 59.9 Å². The summed E-state index contributed by atoms with van der Waals surface area (Å²) in [5.41, 5.74) is 13.9. The van der Waals surface area contributed by atoms with Crippen molar-refractivity contribution in [3.05, 3.63) is 179 Å². The first-order chi connectivity index (χ1) is 23.3. The van der Waals surface area contributed by atoms with Gasteiger partial charge >= 0.3 is 0 Å². The highest BCUT2D eigenvalue weighted by Gasteiger charge is 2.30. The van der Waals surface area contributed by atoms with Crippen molar-refractivity contribution in [3.63, 3.8) is 0 Å². The summed E-state index contributed by atoms with van der Waals surface area (Å²) in [4.78, 5) is 2.35. The molecule has 0 spiro atoms. The van der Waals surface area contributed by atoms with E-state index in [1.165, 1.54) is 57.4 Å². The average molecular weight is 610 g/mol. The van der Waals surface area contributed by atoms with Gasteiger partial charge in [-0.3, -0.25) is 0 Å². The van der Waals surface area contributed by atoms with Gasteiger partial charge in [0.15, 0.2) is 11.5 Å². The van der Waals surface area contributed by atoms with Crippen LogP contribution in [0.25, 0.3) is 16.7 Å². The summed E-state index contributed by atoms with van der Waals surface area (Å²) in [5.74, 6) is 2.13. The highest BCUT2D eigenvalue weighted by Crippen LogP contribution is 2.53. The van der Waals surface area contributed by atoms with Crippen LogP contribution in [0.3, 0.4) is 0 Å². The Morgan fingerprint density at radius 3 is 2.13 bits per heavy atom. The molecule has 0 radical (unpaired) electrons. The lowest BCUT2D eigenvalue weighted by Crippen LogP contribution is -2.16. The summed E-state index contributed by atoms with van der Waals surface area (Å²) in [6.45, 7) is 2.26. The summed E-state index contributed by atoms with van der Waals surface area (Å²) < 4.78 is 6.62. The first kappa shape index (κ1) is 29.1. The Kier molecular flexibility index (Phi) is 7.93. The van der Waals surface area contributed by atoms with Crippen LogP contribution < -0.4 is 9.64 Å². The predicted molar refractivity (Wildman–Crippen MR) is 196 cm³/mol. The van der Waals surface area contributed by atoms with Crippen LogP contribution in [0.2, 0.25) is 0 Å². The van der Waals surface area contributed by atoms with Crippen LogP contribution >= 0.6 is 0 Å². The zero-order chi connectivity index (χ0) is 31.6. The molecule has 0 amide bonds. The van der Waals surface area contributed by atoms with Crippen LogP contribution in [-0.2, 0) is 12.8 Å². The second-order valence-electron chi connectivity index (χ2n) is 12.7. The lowest BCUT2D eigenvalue weighted by atomic mass is 9.87. The van der Waals surface area contributed by atoms with Gasteiger partial charge in [-0.25, -0.2) is 0 Å². The molecule has 1 aliphatic carbocycles. The standard InChI is InChI=1S/C45H39NO/c1-2-3-6-20-39(33-15-7-4-8-16-33)34-26-24-32(25-27-34)36-28-35-17-11-12-21-40(35)41-31-45-43(30-37(41)29-36)46(38-18-9-5-10-19-38)42-22-13-14-23-44(42)47-45/h4-5,7-27,30-31,36H,2-3,6,28-29H2,1H3/b39-20+. The van der Waals surface area contributed by atoms with Crippen molar-refractivity contribution in [1.82, 2.24) is 0 Å². The molecule has 2 aliphatic rings. The fraction of sp³-hybridized carbons (Fsp3) is 0.156. The van der Waals surface area contributed by atoms with Gasteiger partial charge in [0.2, 0.25) is 0 Å². The van der Waals surface area contributed by atoms with E-state index in [0.29, 0.717) is 5.92 Å². The number of para-hydroxylation sites is 3. The van der Waals surface area contributed by atoms with Gasteiger partial charge in [0, 0.05) is 5.69 Å². The van der Waals surface area contributed by atoms with Crippen molar-refractivity contribution >= 4 is 22.6 Å². The molecule has 0 bridgehead atoms. The Hall–Kier alpha value is -5.34. The average Bonchev–Trinajstić information content (AvgIpc) is 3.29. The number of benzene rings is 6. The largest absolute Gasteiger partial charge is 0.453 e. The Labute approximate surface area is 278 Å². The van der Waals surface area contributed by atoms with Gasteiger partial charge < -0.3 is 9.64 Å². The van der Waals surface area contributed by atoms with E-state index in [0.717, 1.165) is 47.8 Å². The monoisotopic (exact) mass is 609 g/mol. The van der Waals surface area contributed by atoms with Crippen LogP contribution in [0, 0.1) is 0 Å². The smallest absolute Gasteiger partial charge is 0.152 e. The van der Waals surface area contributed by atoms with E-state index in [1.807, 2.05) is 6.07 Å². The van der Waals surface area contributed by atoms with E-state index >= 15 is 0 Å². The third kappa shape index (κ3) is 5.66. The van der Waals surface area contributed by atoms with Gasteiger partial charge in [0.05, 0.1) is 11.4 Å². The van der Waals surface area contributed by atoms with Crippen molar-refractivity contribution in [2.75, 3.05) is 4.90 Å². The van der Waals surface area contributed by atoms with Crippen LogP contribution in [0.15, 0.2) is 152 Å². The molecule has 0 saturated heterocycles. The first-order valence-corrected chi connectivity index (χ1v) is 17.0. The minimum absolute atomic E-state index is 0.357. The fourth-order valence-corrected chi connectivity index (χ4v) is 7.32. The predicted octanol–water partition coefficient (Wildman–Crippen LogP) is 12.4. The molecule has 0 fully saturated rings. The lowest BCUT2D eigenvalue weighted by molar-refractivity contribution is 0.477. The molecule has 1 heterocycles. The highest BCUT2D eigenvalue weighted by atomic mass is 16.5. The maximum atomic E-state index is 6.62. The molecule has 1 aliphatic heterocycles. The van der Waals surface area contributed by atoms with E-state index in [-0.39, 0.29) is 0 Å². The van der Waals surface area contributed by atoms with Crippen LogP contribution in [0.5, 0.6) is 11.5 Å². The number of hydrogen-bond donors (Lipinski definition) is 0. The van der Waals surface area contributed by atoms with Gasteiger partial charge in [-0.05, 0) is 106 Å². The molecule has 0 saturated carbocycles. The molecule has 230 valence electrons. The summed E-state index contributed by atoms with van der Waals surface area (Å²) >= 11 is 0. The summed E-state index contributed by atoms with van der Waals surface area (Å²) in [6, 6.07) is 52.9. The number of anilines is 3. The van der Waals surface area contributed by atoms with Crippen molar-refractivity contribution in [1.29, 1.82) is 0 Å². The van der Waals surface area contributed by atoms with E-state index in [1.54, 1.807) is 0 Å². The number of fused-ring (bicyclic) bond motifs is 5. The quantitative estimate of drug-likeness (QED) is 0.167. The van der Waals surface area contributed by atoms with Gasteiger partial charge in [0.25, 0.3) is 0 Å². The number of rotatable bonds is 7. The number of allylic oxidation sites excluding steroid dienone is 1. The molecule has 1 unspecified atom stereocenters. The van der Waals surface area contributed by atoms with Crippen molar-refractivity contribution in [2.24, 2.45) is 0 Å². The molecule has 0 aromatic heterocycles. The number of hydrogen-bond acceptors (Lipinski definition) is 2. The number of unbranched alkanes of at least 4 members (excludes halogenated alkanes) is 2. The van der Waals surface area contributed by atoms with E-state index in [9.17, 15) is 0 Å². The number of ether oxygens (including phenoxy) is 1. The summed E-state index contributed by atoms with van der Waals surface area (Å²) in [6.07, 6.45) is 7.88. The molecule has 1 atom stereocenters. The van der Waals surface area contributed by atoms with Gasteiger partial charge in [-0.15, -0.1) is 0 Å². The Bertz CT molecular complexity index is 2040. The molecule has 0 N–H and O–H groups in total. The highest BCUT2D eigenvalue weighted by molar-refractivity contribution is 5.89. The molecule has 2 nitrogen and oxygen atoms in total. The molecule has 2 heteroatoms. The van der Waals surface area contributed by atoms with Gasteiger partial charge in [-0.2, -0.15) is 0 Å². The SMILES string of the molecule is CCCC/C=C(\c1ccccc1)c1ccc(C2Cc3ccccc3-c3cc4c(cc3C2)N(c2ccccc2)c2ccccc2O4)cc1. The second kappa shape index (κ2) is 12.8. The van der Waals surface area contributed by atoms with Crippen LogP contribution in [0.4, 0.5) is 17.1 Å². The zero-order valence-electron chi connectivity index (χ0n) is 26.9. The zero-order valence-corrected chi connectivity index (χ0v) is 26.9. The Balaban J connectivity index is 1.20. The fourth-order valence-electron chi connectivity index (χ4n) is 7.32. The molecule has 6 aromatic rings. The summed E-state index contributed by atoms with van der Waals surface area (Å²) in [5, 5.41) is 0. The van der Waals surface area contributed by atoms with Crippen molar-refractivity contribution in [3.8, 4) is 22.6 Å². The van der Waals surface area contributed by atoms with Gasteiger partial charge in [0.1, 0.15) is 0 Å². The Morgan fingerprint density at radius 1 is 0.638 bits per heavy atom. The minimum Gasteiger partial charge on any atom is -0.453 e. The minimum atomic E-state index is 0.357. The normalized spacial score (nSPS) is 15.0. The number of nitrogens with zero attached hydrogens (tertiary/aromatic N) is 1. The maximum Gasteiger partial charge on any atom is 0.152 e. The topological polar surface area (TPSA) is 12.5 Å². The first-order valence-electron chi connectivity index (χ1n) is 17.0. The van der Waals surface area contributed by atoms with E-state index in [2.05, 4.69) is 157 Å². The third-order valence-corrected chi connectivity index (χ3v) is 9.69. The molecule has 6 aromatic carbocycles. The van der Waals surface area contributed by atoms with Crippen LogP contribution in [-0.4, -0.2) is 0 Å². The molecule has 8 rings (SSSR count). The van der Waals surface area contributed by atoms with E-state index < -0.39 is 0 Å². The third-order valence-electron chi connectivity index (χ3n) is 9.69. The molecular weight excluding hydrogens is 571 g/mol. The summed E-state index contributed by atoms with van der Waals surface area (Å²) in [7, 11) is 0.